The second-order valence-electron chi connectivity index (χ2n) is 6.23. The fraction of sp³-hybridized carbons (Fsp3) is 0.786. The molecule has 1 saturated carbocycles. The summed E-state index contributed by atoms with van der Waals surface area (Å²) in [7, 11) is 0. The lowest BCUT2D eigenvalue weighted by molar-refractivity contribution is 0.303. The summed E-state index contributed by atoms with van der Waals surface area (Å²) in [5.74, 6) is 2.31. The summed E-state index contributed by atoms with van der Waals surface area (Å²) in [6.45, 7) is 3.42. The summed E-state index contributed by atoms with van der Waals surface area (Å²) in [4.78, 5) is 0.960. The van der Waals surface area contributed by atoms with E-state index >= 15 is 0 Å². The average molecular weight is 291 g/mol. The summed E-state index contributed by atoms with van der Waals surface area (Å²) in [6, 6.07) is 0.395. The lowest BCUT2D eigenvalue weighted by Gasteiger charge is -2.27. The highest BCUT2D eigenvalue weighted by molar-refractivity contribution is 7.16. The van der Waals surface area contributed by atoms with Crippen LogP contribution in [0.1, 0.15) is 68.2 Å². The van der Waals surface area contributed by atoms with Crippen molar-refractivity contribution in [2.45, 2.75) is 57.4 Å². The van der Waals surface area contributed by atoms with Crippen LogP contribution in [-0.2, 0) is 0 Å². The monoisotopic (exact) mass is 291 g/mol. The van der Waals surface area contributed by atoms with E-state index in [0.717, 1.165) is 17.3 Å². The Kier molecular flexibility index (Phi) is 3.22. The Morgan fingerprint density at radius 1 is 1.15 bits per heavy atom. The fourth-order valence-electron chi connectivity index (χ4n) is 3.59. The molecule has 2 atom stereocenters. The van der Waals surface area contributed by atoms with E-state index in [9.17, 15) is 0 Å². The van der Waals surface area contributed by atoms with Crippen molar-refractivity contribution in [2.24, 2.45) is 5.92 Å². The molecule has 0 radical (unpaired) electrons. The van der Waals surface area contributed by atoms with Gasteiger partial charge in [0.1, 0.15) is 5.01 Å². The number of fused-ring (bicyclic) bond motifs is 1. The Bertz CT molecular complexity index is 598. The molecule has 108 valence electrons. The number of nitrogens with one attached hydrogen (secondary N) is 1. The highest BCUT2D eigenvalue weighted by Crippen LogP contribution is 2.35. The van der Waals surface area contributed by atoms with E-state index < -0.39 is 0 Å². The summed E-state index contributed by atoms with van der Waals surface area (Å²) < 4.78 is 2.01. The first-order chi connectivity index (χ1) is 9.83. The van der Waals surface area contributed by atoms with Gasteiger partial charge in [-0.05, 0) is 38.1 Å². The number of piperidine rings is 1. The number of aromatic nitrogens is 4. The van der Waals surface area contributed by atoms with Crippen molar-refractivity contribution in [1.29, 1.82) is 0 Å². The van der Waals surface area contributed by atoms with Gasteiger partial charge in [0.2, 0.25) is 4.96 Å². The van der Waals surface area contributed by atoms with Crippen molar-refractivity contribution in [3.05, 3.63) is 10.8 Å². The highest BCUT2D eigenvalue weighted by Gasteiger charge is 2.28. The molecule has 2 aromatic heterocycles. The maximum atomic E-state index is 4.84. The van der Waals surface area contributed by atoms with Gasteiger partial charge in [0.15, 0.2) is 5.82 Å². The molecule has 0 bridgehead atoms. The van der Waals surface area contributed by atoms with Gasteiger partial charge in [-0.3, -0.25) is 0 Å². The van der Waals surface area contributed by atoms with E-state index in [4.69, 9.17) is 5.10 Å². The van der Waals surface area contributed by atoms with Gasteiger partial charge in [-0.15, -0.1) is 10.2 Å². The van der Waals surface area contributed by atoms with Gasteiger partial charge in [0, 0.05) is 5.92 Å². The quantitative estimate of drug-likeness (QED) is 0.924. The van der Waals surface area contributed by atoms with Crippen LogP contribution in [0.25, 0.3) is 4.96 Å². The van der Waals surface area contributed by atoms with Gasteiger partial charge in [-0.2, -0.15) is 9.61 Å². The zero-order valence-corrected chi connectivity index (χ0v) is 12.7. The molecular formula is C14H21N5S. The molecule has 20 heavy (non-hydrogen) atoms. The van der Waals surface area contributed by atoms with Crippen molar-refractivity contribution in [1.82, 2.24) is 25.1 Å². The van der Waals surface area contributed by atoms with Crippen molar-refractivity contribution < 1.29 is 0 Å². The predicted molar refractivity (Wildman–Crippen MR) is 79.0 cm³/mol. The minimum Gasteiger partial charge on any atom is -0.308 e. The number of hydrogen-bond donors (Lipinski definition) is 1. The molecule has 2 unspecified atom stereocenters. The van der Waals surface area contributed by atoms with Gasteiger partial charge >= 0.3 is 0 Å². The van der Waals surface area contributed by atoms with E-state index in [1.165, 1.54) is 43.5 Å². The van der Waals surface area contributed by atoms with Crippen LogP contribution in [0.15, 0.2) is 0 Å². The zero-order valence-electron chi connectivity index (χ0n) is 11.9. The first-order valence-corrected chi connectivity index (χ1v) is 8.60. The van der Waals surface area contributed by atoms with Crippen LogP contribution < -0.4 is 5.32 Å². The molecule has 1 saturated heterocycles. The molecule has 5 nitrogen and oxygen atoms in total. The molecule has 1 aliphatic heterocycles. The Morgan fingerprint density at radius 2 is 2.00 bits per heavy atom. The number of nitrogens with zero attached hydrogens (tertiary/aromatic N) is 4. The van der Waals surface area contributed by atoms with Crippen LogP contribution in [0.4, 0.5) is 0 Å². The van der Waals surface area contributed by atoms with Crippen molar-refractivity contribution in [3.63, 3.8) is 0 Å². The van der Waals surface area contributed by atoms with Crippen LogP contribution in [0.3, 0.4) is 0 Å². The Labute approximate surface area is 122 Å². The van der Waals surface area contributed by atoms with E-state index in [1.807, 2.05) is 4.52 Å². The van der Waals surface area contributed by atoms with Gasteiger partial charge < -0.3 is 5.32 Å². The molecule has 0 aromatic carbocycles. The third-order valence-corrected chi connectivity index (χ3v) is 5.77. The summed E-state index contributed by atoms with van der Waals surface area (Å²) >= 11 is 1.70. The number of hydrogen-bond acceptors (Lipinski definition) is 5. The largest absolute Gasteiger partial charge is 0.308 e. The normalized spacial score (nSPS) is 28.4. The van der Waals surface area contributed by atoms with E-state index in [1.54, 1.807) is 11.3 Å². The molecular weight excluding hydrogens is 270 g/mol. The third kappa shape index (κ3) is 2.05. The fourth-order valence-corrected chi connectivity index (χ4v) is 4.65. The minimum atomic E-state index is 0.395. The molecule has 1 N–H and O–H groups in total. The topological polar surface area (TPSA) is 55.1 Å². The second-order valence-corrected chi connectivity index (χ2v) is 7.21. The van der Waals surface area contributed by atoms with Gasteiger partial charge in [-0.25, -0.2) is 0 Å². The molecule has 0 spiro atoms. The molecule has 2 aromatic rings. The van der Waals surface area contributed by atoms with Crippen molar-refractivity contribution >= 4 is 16.3 Å². The molecule has 2 fully saturated rings. The standard InChI is InChI=1S/C14H21N5S/c1-9-5-4-8-15-11(9)13-18-19-12(10-6-2-3-7-10)16-17-14(19)20-13/h9-11,15H,2-8H2,1H3. The van der Waals surface area contributed by atoms with E-state index in [-0.39, 0.29) is 0 Å². The molecule has 1 aliphatic carbocycles. The van der Waals surface area contributed by atoms with E-state index in [0.29, 0.717) is 17.9 Å². The van der Waals surface area contributed by atoms with Crippen molar-refractivity contribution in [2.75, 3.05) is 6.54 Å². The van der Waals surface area contributed by atoms with Crippen LogP contribution in [-0.4, -0.2) is 26.4 Å². The van der Waals surface area contributed by atoms with Crippen LogP contribution in [0, 0.1) is 5.92 Å². The smallest absolute Gasteiger partial charge is 0.234 e. The maximum Gasteiger partial charge on any atom is 0.234 e. The maximum absolute atomic E-state index is 4.84. The van der Waals surface area contributed by atoms with Gasteiger partial charge in [0.25, 0.3) is 0 Å². The van der Waals surface area contributed by atoms with Gasteiger partial charge in [0.05, 0.1) is 6.04 Å². The van der Waals surface area contributed by atoms with Crippen LogP contribution in [0.2, 0.25) is 0 Å². The van der Waals surface area contributed by atoms with Crippen LogP contribution >= 0.6 is 11.3 Å². The predicted octanol–water partition coefficient (Wildman–Crippen LogP) is 2.90. The third-order valence-electron chi connectivity index (χ3n) is 4.79. The zero-order chi connectivity index (χ0) is 13.5. The van der Waals surface area contributed by atoms with Crippen LogP contribution in [0.5, 0.6) is 0 Å². The lowest BCUT2D eigenvalue weighted by atomic mass is 9.93. The summed E-state index contributed by atoms with van der Waals surface area (Å²) in [5.41, 5.74) is 0. The van der Waals surface area contributed by atoms with Crippen molar-refractivity contribution in [3.8, 4) is 0 Å². The molecule has 6 heteroatoms. The second kappa shape index (κ2) is 5.07. The average Bonchev–Trinajstić information content (AvgIpc) is 3.14. The molecule has 4 rings (SSSR count). The molecule has 2 aliphatic rings. The minimum absolute atomic E-state index is 0.395. The molecule has 0 amide bonds. The highest BCUT2D eigenvalue weighted by atomic mass is 32.1. The van der Waals surface area contributed by atoms with E-state index in [2.05, 4.69) is 22.4 Å². The summed E-state index contributed by atoms with van der Waals surface area (Å²) in [5, 5.41) is 18.4. The Balaban J connectivity index is 1.68. The molecule has 3 heterocycles. The summed E-state index contributed by atoms with van der Waals surface area (Å²) in [6.07, 6.45) is 7.68. The first-order valence-electron chi connectivity index (χ1n) is 7.78. The lowest BCUT2D eigenvalue weighted by Crippen LogP contribution is -2.32. The number of rotatable bonds is 2. The Hall–Kier alpha value is -1.01. The van der Waals surface area contributed by atoms with Gasteiger partial charge in [-0.1, -0.05) is 31.1 Å². The SMILES string of the molecule is CC1CCCNC1c1nn2c(C3CCCC3)nnc2s1. The Morgan fingerprint density at radius 3 is 2.80 bits per heavy atom. The first kappa shape index (κ1) is 12.7.